The van der Waals surface area contributed by atoms with Gasteiger partial charge in [0.25, 0.3) is 5.56 Å². The molecule has 174 valence electrons. The van der Waals surface area contributed by atoms with Gasteiger partial charge in [0.05, 0.1) is 5.56 Å². The van der Waals surface area contributed by atoms with Crippen molar-refractivity contribution >= 4 is 5.91 Å². The lowest BCUT2D eigenvalue weighted by Gasteiger charge is -2.16. The Kier molecular flexibility index (Phi) is 7.33. The molecule has 9 heteroatoms. The highest BCUT2D eigenvalue weighted by molar-refractivity contribution is 5.76. The first-order valence-electron chi connectivity index (χ1n) is 10.3. The van der Waals surface area contributed by atoms with Crippen LogP contribution < -0.4 is 10.9 Å². The monoisotopic (exact) mass is 459 g/mol. The molecule has 3 rings (SSSR count). The molecule has 0 unspecified atom stereocenters. The van der Waals surface area contributed by atoms with Gasteiger partial charge in [-0.15, -0.1) is 0 Å². The van der Waals surface area contributed by atoms with Crippen LogP contribution in [0.5, 0.6) is 0 Å². The number of amides is 1. The summed E-state index contributed by atoms with van der Waals surface area (Å²) in [7, 11) is 0. The number of carbonyl (C=O) groups is 1. The van der Waals surface area contributed by atoms with Crippen LogP contribution in [0.15, 0.2) is 53.3 Å². The molecular formula is C24H24F3N3O3. The molecule has 0 aliphatic carbocycles. The van der Waals surface area contributed by atoms with Gasteiger partial charge in [0.2, 0.25) is 5.91 Å². The molecule has 6 nitrogen and oxygen atoms in total. The minimum Gasteiger partial charge on any atom is -0.396 e. The van der Waals surface area contributed by atoms with Crippen LogP contribution in [0, 0.1) is 13.8 Å². The lowest BCUT2D eigenvalue weighted by Crippen LogP contribution is -2.35. The van der Waals surface area contributed by atoms with Crippen LogP contribution in [0.4, 0.5) is 13.2 Å². The number of carbonyl (C=O) groups excluding carboxylic acids is 1. The molecule has 2 N–H and O–H groups in total. The fourth-order valence-electron chi connectivity index (χ4n) is 3.50. The fourth-order valence-corrected chi connectivity index (χ4v) is 3.50. The van der Waals surface area contributed by atoms with Crippen LogP contribution in [0.3, 0.4) is 0 Å². The summed E-state index contributed by atoms with van der Waals surface area (Å²) in [5, 5.41) is 12.1. The smallest absolute Gasteiger partial charge is 0.396 e. The van der Waals surface area contributed by atoms with Gasteiger partial charge in [0.1, 0.15) is 12.4 Å². The van der Waals surface area contributed by atoms with Crippen molar-refractivity contribution in [2.45, 2.75) is 39.5 Å². The number of aryl methyl sites for hydroxylation is 2. The van der Waals surface area contributed by atoms with Gasteiger partial charge in [-0.05, 0) is 31.5 Å². The van der Waals surface area contributed by atoms with E-state index >= 15 is 0 Å². The van der Waals surface area contributed by atoms with Crippen LogP contribution in [0.1, 0.15) is 27.9 Å². The van der Waals surface area contributed by atoms with Gasteiger partial charge in [-0.1, -0.05) is 42.0 Å². The lowest BCUT2D eigenvalue weighted by molar-refractivity contribution is -0.137. The number of benzene rings is 2. The minimum absolute atomic E-state index is 0.0515. The maximum Gasteiger partial charge on any atom is 0.416 e. The van der Waals surface area contributed by atoms with E-state index in [9.17, 15) is 27.9 Å². The highest BCUT2D eigenvalue weighted by Gasteiger charge is 2.30. The molecule has 0 aliphatic heterocycles. The Morgan fingerprint density at radius 1 is 1.12 bits per heavy atom. The SMILES string of the molecule is Cc1cccc(CNC(=O)Cn2c(-c3ccc(C(F)(F)F)cc3)nc(C)c(CCO)c2=O)c1. The molecule has 0 radical (unpaired) electrons. The van der Waals surface area contributed by atoms with Crippen molar-refractivity contribution < 1.29 is 23.1 Å². The van der Waals surface area contributed by atoms with E-state index in [1.165, 1.54) is 12.1 Å². The van der Waals surface area contributed by atoms with Gasteiger partial charge in [0.15, 0.2) is 0 Å². The first-order chi connectivity index (χ1) is 15.6. The summed E-state index contributed by atoms with van der Waals surface area (Å²) in [6, 6.07) is 11.8. The second-order valence-corrected chi connectivity index (χ2v) is 7.71. The average Bonchev–Trinajstić information content (AvgIpc) is 2.76. The van der Waals surface area contributed by atoms with Crippen molar-refractivity contribution in [2.75, 3.05) is 6.61 Å². The van der Waals surface area contributed by atoms with E-state index in [2.05, 4.69) is 10.3 Å². The number of nitrogens with one attached hydrogen (secondary N) is 1. The predicted molar refractivity (Wildman–Crippen MR) is 117 cm³/mol. The van der Waals surface area contributed by atoms with E-state index in [1.807, 2.05) is 31.2 Å². The molecule has 0 saturated carbocycles. The Balaban J connectivity index is 1.95. The number of hydrogen-bond acceptors (Lipinski definition) is 4. The number of aromatic nitrogens is 2. The van der Waals surface area contributed by atoms with E-state index in [0.29, 0.717) is 5.69 Å². The summed E-state index contributed by atoms with van der Waals surface area (Å²) in [6.07, 6.45) is -4.45. The molecule has 0 bridgehead atoms. The molecule has 1 amide bonds. The zero-order valence-electron chi connectivity index (χ0n) is 18.2. The normalized spacial score (nSPS) is 11.5. The molecular weight excluding hydrogens is 435 g/mol. The van der Waals surface area contributed by atoms with Crippen molar-refractivity contribution in [3.05, 3.63) is 86.8 Å². The molecule has 0 fully saturated rings. The first-order valence-corrected chi connectivity index (χ1v) is 10.3. The predicted octanol–water partition coefficient (Wildman–Crippen LogP) is 3.40. The van der Waals surface area contributed by atoms with E-state index in [1.54, 1.807) is 6.92 Å². The topological polar surface area (TPSA) is 84.2 Å². The summed E-state index contributed by atoms with van der Waals surface area (Å²) in [5.74, 6) is -0.369. The third kappa shape index (κ3) is 5.87. The minimum atomic E-state index is -4.50. The van der Waals surface area contributed by atoms with Gasteiger partial charge in [-0.2, -0.15) is 13.2 Å². The number of nitrogens with zero attached hydrogens (tertiary/aromatic N) is 2. The summed E-state index contributed by atoms with van der Waals surface area (Å²) in [5.41, 5.74) is 1.45. The van der Waals surface area contributed by atoms with Crippen molar-refractivity contribution in [3.63, 3.8) is 0 Å². The van der Waals surface area contributed by atoms with E-state index < -0.39 is 23.2 Å². The molecule has 0 aliphatic rings. The Bertz CT molecular complexity index is 1200. The Labute approximate surface area is 188 Å². The van der Waals surface area contributed by atoms with Crippen molar-refractivity contribution in [3.8, 4) is 11.4 Å². The van der Waals surface area contributed by atoms with Crippen molar-refractivity contribution in [1.82, 2.24) is 14.9 Å². The van der Waals surface area contributed by atoms with Crippen LogP contribution in [0.25, 0.3) is 11.4 Å². The number of alkyl halides is 3. The summed E-state index contributed by atoms with van der Waals surface area (Å²) in [4.78, 5) is 30.1. The number of aliphatic hydroxyl groups is 1. The number of rotatable bonds is 7. The maximum atomic E-state index is 13.1. The molecule has 2 aromatic carbocycles. The van der Waals surface area contributed by atoms with Crippen molar-refractivity contribution in [2.24, 2.45) is 0 Å². The molecule has 1 aromatic heterocycles. The number of hydrogen-bond donors (Lipinski definition) is 2. The summed E-state index contributed by atoms with van der Waals surface area (Å²) < 4.78 is 40.0. The van der Waals surface area contributed by atoms with Gasteiger partial charge in [0, 0.05) is 36.4 Å². The first kappa shape index (κ1) is 24.2. The standard InChI is InChI=1S/C24H24F3N3O3/c1-15-4-3-5-17(12-15)13-28-21(32)14-30-22(29-16(2)20(10-11-31)23(30)33)18-6-8-19(9-7-18)24(25,26)27/h3-9,12,31H,10-11,13-14H2,1-2H3,(H,28,32). The quantitative estimate of drug-likeness (QED) is 0.567. The average molecular weight is 459 g/mol. The third-order valence-electron chi connectivity index (χ3n) is 5.18. The number of halogens is 3. The second-order valence-electron chi connectivity index (χ2n) is 7.71. The van der Waals surface area contributed by atoms with E-state index in [-0.39, 0.29) is 43.1 Å². The molecule has 0 atom stereocenters. The van der Waals surface area contributed by atoms with Gasteiger partial charge in [-0.3, -0.25) is 14.2 Å². The van der Waals surface area contributed by atoms with Crippen LogP contribution in [-0.4, -0.2) is 27.2 Å². The third-order valence-corrected chi connectivity index (χ3v) is 5.18. The van der Waals surface area contributed by atoms with E-state index in [4.69, 9.17) is 0 Å². The molecule has 33 heavy (non-hydrogen) atoms. The zero-order valence-corrected chi connectivity index (χ0v) is 18.2. The van der Waals surface area contributed by atoms with Crippen LogP contribution in [0.2, 0.25) is 0 Å². The van der Waals surface area contributed by atoms with Crippen LogP contribution in [-0.2, 0) is 30.5 Å². The molecule has 0 spiro atoms. The summed E-state index contributed by atoms with van der Waals surface area (Å²) >= 11 is 0. The highest BCUT2D eigenvalue weighted by Crippen LogP contribution is 2.30. The molecule has 3 aromatic rings. The van der Waals surface area contributed by atoms with E-state index in [0.717, 1.165) is 27.8 Å². The fraction of sp³-hybridized carbons (Fsp3) is 0.292. The van der Waals surface area contributed by atoms with Gasteiger partial charge >= 0.3 is 6.18 Å². The number of aliphatic hydroxyl groups excluding tert-OH is 1. The molecule has 1 heterocycles. The lowest BCUT2D eigenvalue weighted by atomic mass is 10.1. The largest absolute Gasteiger partial charge is 0.416 e. The van der Waals surface area contributed by atoms with Gasteiger partial charge in [-0.25, -0.2) is 4.98 Å². The Morgan fingerprint density at radius 3 is 2.42 bits per heavy atom. The zero-order chi connectivity index (χ0) is 24.2. The molecule has 0 saturated heterocycles. The Hall–Kier alpha value is -3.46. The van der Waals surface area contributed by atoms with Crippen molar-refractivity contribution in [1.29, 1.82) is 0 Å². The highest BCUT2D eigenvalue weighted by atomic mass is 19.4. The Morgan fingerprint density at radius 2 is 1.82 bits per heavy atom. The maximum absolute atomic E-state index is 13.1. The second kappa shape index (κ2) is 9.99. The van der Waals surface area contributed by atoms with Gasteiger partial charge < -0.3 is 10.4 Å². The summed E-state index contributed by atoms with van der Waals surface area (Å²) in [6.45, 7) is 3.13. The van der Waals surface area contributed by atoms with Crippen LogP contribution >= 0.6 is 0 Å².